The lowest BCUT2D eigenvalue weighted by atomic mass is 9.59. The molecule has 1 spiro atoms. The number of nitro groups is 1. The first-order chi connectivity index (χ1) is 33.8. The minimum atomic E-state index is -4.66. The topological polar surface area (TPSA) is 188 Å². The summed E-state index contributed by atoms with van der Waals surface area (Å²) in [6, 6.07) is 21.8. The number of sulfonamides is 1. The van der Waals surface area contributed by atoms with Gasteiger partial charge >= 0.3 is 0 Å². The van der Waals surface area contributed by atoms with Gasteiger partial charge in [0.15, 0.2) is 11.4 Å². The number of nitro benzene ring substituents is 1. The Bertz CT molecular complexity index is 2980. The highest BCUT2D eigenvalue weighted by atomic mass is 32.2. The first-order valence-electron chi connectivity index (χ1n) is 25.1. The SMILES string of the molecule is CC(C)c1ccccc1[C@@H]1CCCN1C1CC2(CCN(c3ccc(C(=O)NS(=O)(=O)c4cc5c(c([N+](=O)[O-])c4)N[C@@H](CN4C[C@H]6C[C@@H]4CO6)CO5)c(N4C[C@@H](C)Oc5nc6[nH]ccc6cc54)c3)CC2)C1. The van der Waals surface area contributed by atoms with Crippen LogP contribution in [0.2, 0.25) is 0 Å². The average molecular weight is 972 g/mol. The van der Waals surface area contributed by atoms with Gasteiger partial charge in [-0.3, -0.25) is 24.7 Å². The summed E-state index contributed by atoms with van der Waals surface area (Å²) >= 11 is 0. The van der Waals surface area contributed by atoms with Crippen LogP contribution in [0.4, 0.5) is 28.4 Å². The van der Waals surface area contributed by atoms with Gasteiger partial charge in [0.2, 0.25) is 5.88 Å². The summed E-state index contributed by atoms with van der Waals surface area (Å²) in [5.41, 5.74) is 5.77. The number of anilines is 4. The van der Waals surface area contributed by atoms with Crippen LogP contribution >= 0.6 is 0 Å². The number of rotatable bonds is 11. The predicted octanol–water partition coefficient (Wildman–Crippen LogP) is 7.86. The van der Waals surface area contributed by atoms with Gasteiger partial charge in [0, 0.05) is 73.7 Å². The summed E-state index contributed by atoms with van der Waals surface area (Å²) in [4.78, 5) is 43.4. The molecule has 17 nitrogen and oxygen atoms in total. The van der Waals surface area contributed by atoms with Crippen molar-refractivity contribution in [2.75, 3.05) is 67.6 Å². The molecule has 1 saturated carbocycles. The number of H-pyrrole nitrogens is 1. The Labute approximate surface area is 408 Å². The van der Waals surface area contributed by atoms with Gasteiger partial charge < -0.3 is 34.3 Å². The van der Waals surface area contributed by atoms with Crippen LogP contribution in [-0.4, -0.2) is 122 Å². The van der Waals surface area contributed by atoms with Crippen molar-refractivity contribution in [2.45, 2.75) is 113 Å². The molecule has 5 aromatic rings. The molecule has 5 atom stereocenters. The van der Waals surface area contributed by atoms with Gasteiger partial charge in [-0.05, 0) is 111 Å². The zero-order valence-corrected chi connectivity index (χ0v) is 40.8. The molecule has 18 heteroatoms. The molecular weight excluding hydrogens is 911 g/mol. The molecule has 12 rings (SSSR count). The number of carbonyl (C=O) groups is 1. The molecule has 5 fully saturated rings. The molecule has 1 aliphatic carbocycles. The summed E-state index contributed by atoms with van der Waals surface area (Å²) in [7, 11) is -4.66. The Morgan fingerprint density at radius 2 is 1.83 bits per heavy atom. The quantitative estimate of drug-likeness (QED) is 0.0857. The summed E-state index contributed by atoms with van der Waals surface area (Å²) in [5, 5.41) is 16.6. The maximum atomic E-state index is 14.6. The van der Waals surface area contributed by atoms with E-state index in [4.69, 9.17) is 19.2 Å². The number of nitrogens with one attached hydrogen (secondary N) is 3. The molecule has 7 aliphatic rings. The summed E-state index contributed by atoms with van der Waals surface area (Å²) in [6.45, 7) is 12.0. The fourth-order valence-electron chi connectivity index (χ4n) is 12.8. The second kappa shape index (κ2) is 17.4. The molecule has 70 heavy (non-hydrogen) atoms. The molecule has 2 aromatic heterocycles. The van der Waals surface area contributed by atoms with Gasteiger partial charge in [-0.15, -0.1) is 0 Å². The molecule has 8 heterocycles. The summed E-state index contributed by atoms with van der Waals surface area (Å²) in [6.07, 6.45) is 9.62. The van der Waals surface area contributed by atoms with Gasteiger partial charge in [-0.25, -0.2) is 13.1 Å². The molecule has 368 valence electrons. The monoisotopic (exact) mass is 971 g/mol. The van der Waals surface area contributed by atoms with Crippen molar-refractivity contribution in [2.24, 2.45) is 5.41 Å². The highest BCUT2D eigenvalue weighted by Crippen LogP contribution is 2.55. The van der Waals surface area contributed by atoms with Gasteiger partial charge in [0.05, 0.1) is 46.4 Å². The fraction of sp³-hybridized carbons (Fsp3) is 0.500. The van der Waals surface area contributed by atoms with E-state index >= 15 is 0 Å². The molecule has 2 bridgehead atoms. The van der Waals surface area contributed by atoms with Crippen LogP contribution in [-0.2, 0) is 14.8 Å². The van der Waals surface area contributed by atoms with Crippen LogP contribution in [0.25, 0.3) is 11.0 Å². The minimum Gasteiger partial charge on any atom is -0.489 e. The maximum absolute atomic E-state index is 14.6. The zero-order chi connectivity index (χ0) is 48.1. The van der Waals surface area contributed by atoms with Crippen molar-refractivity contribution >= 4 is 55.4 Å². The number of hydrogen-bond acceptors (Lipinski definition) is 14. The Morgan fingerprint density at radius 1 is 1.00 bits per heavy atom. The minimum absolute atomic E-state index is 0.0328. The predicted molar refractivity (Wildman–Crippen MR) is 266 cm³/mol. The van der Waals surface area contributed by atoms with Crippen LogP contribution in [0, 0.1) is 15.5 Å². The van der Waals surface area contributed by atoms with Crippen LogP contribution in [0.15, 0.2) is 77.8 Å². The van der Waals surface area contributed by atoms with Crippen LogP contribution in [0.3, 0.4) is 0 Å². The second-order valence-electron chi connectivity index (χ2n) is 21.2. The van der Waals surface area contributed by atoms with E-state index in [-0.39, 0.29) is 41.9 Å². The van der Waals surface area contributed by atoms with E-state index in [1.54, 1.807) is 6.07 Å². The number of pyridine rings is 1. The second-order valence-corrected chi connectivity index (χ2v) is 22.8. The van der Waals surface area contributed by atoms with Gasteiger partial charge in [-0.2, -0.15) is 4.98 Å². The average Bonchev–Trinajstić information content (AvgIpc) is 4.18. The van der Waals surface area contributed by atoms with E-state index < -0.39 is 31.4 Å². The number of amides is 1. The number of ether oxygens (including phenoxy) is 3. The van der Waals surface area contributed by atoms with Crippen LogP contribution in [0.1, 0.15) is 99.2 Å². The molecular formula is C52H61N9O8S. The van der Waals surface area contributed by atoms with Crippen LogP contribution in [0.5, 0.6) is 11.6 Å². The molecule has 3 aromatic carbocycles. The third-order valence-corrected chi connectivity index (χ3v) is 17.7. The van der Waals surface area contributed by atoms with Gasteiger partial charge in [-0.1, -0.05) is 38.1 Å². The normalized spacial score (nSPS) is 25.3. The van der Waals surface area contributed by atoms with Crippen molar-refractivity contribution in [3.63, 3.8) is 0 Å². The fourth-order valence-corrected chi connectivity index (χ4v) is 13.8. The third kappa shape index (κ3) is 8.09. The molecule has 0 unspecified atom stereocenters. The van der Waals surface area contributed by atoms with E-state index in [2.05, 4.69) is 67.8 Å². The molecule has 6 aliphatic heterocycles. The standard InChI is InChI=1S/C52H61N9O8S/c1-31(2)40-7-4-5-8-41(40)43-9-6-16-59(43)37-24-52(25-37)13-17-57(18-14-52)35-10-11-42(44(21-35)60-26-32(3)69-51-46(60)19-33-12-15-53-49(33)55-51)50(62)56-70(65,66)39-22-45(61(63)64)48-47(23-39)68-29-34(54-48)27-58-28-38-20-36(58)30-67-38/h4-5,7-8,10-12,15,19,21-23,31-32,34,36-38,43,54H,6,9,13-14,16-18,20,24-30H2,1-3H3,(H,53,55)(H,56,62)/t32-,34+,36-,38-,43+/m1/s1. The Kier molecular flexibility index (Phi) is 11.2. The number of aromatic amines is 1. The molecule has 4 saturated heterocycles. The number of piperidine rings is 1. The van der Waals surface area contributed by atoms with Crippen molar-refractivity contribution < 1.29 is 32.3 Å². The summed E-state index contributed by atoms with van der Waals surface area (Å²) < 4.78 is 48.8. The Hall–Kier alpha value is -5.95. The van der Waals surface area contributed by atoms with E-state index in [0.29, 0.717) is 72.1 Å². The number of morpholine rings is 1. The number of carbonyl (C=O) groups excluding carboxylic acids is 1. The first-order valence-corrected chi connectivity index (χ1v) is 26.6. The lowest BCUT2D eigenvalue weighted by Gasteiger charge is -2.56. The number of likely N-dealkylation sites (tertiary alicyclic amines) is 2. The lowest BCUT2D eigenvalue weighted by molar-refractivity contribution is -0.384. The number of benzene rings is 3. The number of fused-ring (bicyclic) bond motifs is 5. The van der Waals surface area contributed by atoms with Crippen molar-refractivity contribution in [3.8, 4) is 11.6 Å². The Morgan fingerprint density at radius 3 is 2.60 bits per heavy atom. The van der Waals surface area contributed by atoms with E-state index in [1.165, 1.54) is 42.9 Å². The largest absolute Gasteiger partial charge is 0.489 e. The van der Waals surface area contributed by atoms with E-state index in [9.17, 15) is 23.3 Å². The lowest BCUT2D eigenvalue weighted by Crippen LogP contribution is -2.55. The van der Waals surface area contributed by atoms with Crippen LogP contribution < -0.4 is 29.3 Å². The molecule has 3 N–H and O–H groups in total. The molecule has 0 radical (unpaired) electrons. The van der Waals surface area contributed by atoms with Crippen molar-refractivity contribution in [1.82, 2.24) is 24.5 Å². The highest BCUT2D eigenvalue weighted by molar-refractivity contribution is 7.90. The molecule has 1 amide bonds. The van der Waals surface area contributed by atoms with Crippen molar-refractivity contribution in [1.29, 1.82) is 0 Å². The van der Waals surface area contributed by atoms with Gasteiger partial charge in [0.1, 0.15) is 24.0 Å². The number of nitrogens with zero attached hydrogens (tertiary/aromatic N) is 6. The summed E-state index contributed by atoms with van der Waals surface area (Å²) in [5.74, 6) is 0.0380. The van der Waals surface area contributed by atoms with E-state index in [1.807, 2.05) is 42.3 Å². The number of hydrogen-bond donors (Lipinski definition) is 3. The zero-order valence-electron chi connectivity index (χ0n) is 39.9. The number of aromatic nitrogens is 2. The highest BCUT2D eigenvalue weighted by Gasteiger charge is 2.50. The first kappa shape index (κ1) is 45.2. The Balaban J connectivity index is 0.799. The maximum Gasteiger partial charge on any atom is 0.297 e. The van der Waals surface area contributed by atoms with Crippen molar-refractivity contribution in [3.05, 3.63) is 99.7 Å². The third-order valence-electron chi connectivity index (χ3n) is 16.4. The van der Waals surface area contributed by atoms with Gasteiger partial charge in [0.25, 0.3) is 21.6 Å². The van der Waals surface area contributed by atoms with E-state index in [0.717, 1.165) is 62.6 Å². The smallest absolute Gasteiger partial charge is 0.297 e.